The number of fused-ring (bicyclic) bond motifs is 1. The van der Waals surface area contributed by atoms with Gasteiger partial charge in [-0.25, -0.2) is 4.98 Å². The van der Waals surface area contributed by atoms with Gasteiger partial charge in [0.15, 0.2) is 4.96 Å². The van der Waals surface area contributed by atoms with Crippen LogP contribution in [0.1, 0.15) is 16.8 Å². The van der Waals surface area contributed by atoms with E-state index in [0.29, 0.717) is 13.0 Å². The van der Waals surface area contributed by atoms with E-state index in [4.69, 9.17) is 5.73 Å². The molecule has 1 aromatic carbocycles. The molecule has 2 aromatic heterocycles. The second-order valence-corrected chi connectivity index (χ2v) is 6.33. The van der Waals surface area contributed by atoms with Crippen LogP contribution in [0, 0.1) is 6.92 Å². The summed E-state index contributed by atoms with van der Waals surface area (Å²) < 4.78 is 2.01. The SMILES string of the molecule is Cc1ccccc1C(CN)(CO)Cc1cn2ccsc2n1. The fourth-order valence-corrected chi connectivity index (χ4v) is 3.58. The lowest BCUT2D eigenvalue weighted by atomic mass is 9.75. The lowest BCUT2D eigenvalue weighted by Crippen LogP contribution is -2.41. The van der Waals surface area contributed by atoms with Gasteiger partial charge >= 0.3 is 0 Å². The topological polar surface area (TPSA) is 63.5 Å². The van der Waals surface area contributed by atoms with Crippen molar-refractivity contribution in [2.24, 2.45) is 5.73 Å². The van der Waals surface area contributed by atoms with Crippen LogP contribution in [-0.4, -0.2) is 27.6 Å². The Morgan fingerprint density at radius 1 is 1.38 bits per heavy atom. The Balaban J connectivity index is 2.01. The standard InChI is InChI=1S/C16H19N3OS/c1-12-4-2-3-5-14(12)16(10-17,11-20)8-13-9-19-6-7-21-15(19)18-13/h2-7,9,20H,8,10-11,17H2,1H3. The summed E-state index contributed by atoms with van der Waals surface area (Å²) in [6.07, 6.45) is 4.65. The summed E-state index contributed by atoms with van der Waals surface area (Å²) >= 11 is 1.61. The summed E-state index contributed by atoms with van der Waals surface area (Å²) in [5.74, 6) is 0. The molecule has 0 saturated carbocycles. The van der Waals surface area contributed by atoms with Crippen LogP contribution >= 0.6 is 11.3 Å². The average Bonchev–Trinajstić information content (AvgIpc) is 3.07. The molecule has 0 aliphatic heterocycles. The molecule has 0 bridgehead atoms. The third kappa shape index (κ3) is 2.48. The fourth-order valence-electron chi connectivity index (χ4n) is 2.86. The monoisotopic (exact) mass is 301 g/mol. The zero-order chi connectivity index (χ0) is 14.9. The van der Waals surface area contributed by atoms with Gasteiger partial charge in [0.1, 0.15) is 0 Å². The lowest BCUT2D eigenvalue weighted by molar-refractivity contribution is 0.194. The summed E-state index contributed by atoms with van der Waals surface area (Å²) in [4.78, 5) is 5.59. The molecule has 110 valence electrons. The van der Waals surface area contributed by atoms with Crippen molar-refractivity contribution in [1.82, 2.24) is 9.38 Å². The molecule has 21 heavy (non-hydrogen) atoms. The van der Waals surface area contributed by atoms with Crippen LogP contribution in [0.15, 0.2) is 42.0 Å². The summed E-state index contributed by atoms with van der Waals surface area (Å²) in [6, 6.07) is 8.11. The van der Waals surface area contributed by atoms with Gasteiger partial charge in [0.05, 0.1) is 12.3 Å². The molecule has 4 nitrogen and oxygen atoms in total. The zero-order valence-corrected chi connectivity index (χ0v) is 12.8. The smallest absolute Gasteiger partial charge is 0.193 e. The first-order valence-electron chi connectivity index (χ1n) is 6.97. The van der Waals surface area contributed by atoms with Crippen molar-refractivity contribution < 1.29 is 5.11 Å². The number of nitrogens with two attached hydrogens (primary N) is 1. The van der Waals surface area contributed by atoms with E-state index in [1.165, 1.54) is 0 Å². The van der Waals surface area contributed by atoms with Crippen molar-refractivity contribution in [2.75, 3.05) is 13.2 Å². The molecule has 0 aliphatic rings. The van der Waals surface area contributed by atoms with Gasteiger partial charge < -0.3 is 10.8 Å². The highest BCUT2D eigenvalue weighted by Crippen LogP contribution is 2.30. The van der Waals surface area contributed by atoms with Crippen molar-refractivity contribution >= 4 is 16.3 Å². The van der Waals surface area contributed by atoms with E-state index in [0.717, 1.165) is 21.8 Å². The molecular formula is C16H19N3OS. The van der Waals surface area contributed by atoms with Gasteiger partial charge in [-0.2, -0.15) is 0 Å². The van der Waals surface area contributed by atoms with Gasteiger partial charge in [-0.15, -0.1) is 11.3 Å². The fraction of sp³-hybridized carbons (Fsp3) is 0.312. The highest BCUT2D eigenvalue weighted by atomic mass is 32.1. The van der Waals surface area contributed by atoms with Crippen LogP contribution in [0.5, 0.6) is 0 Å². The first-order chi connectivity index (χ1) is 10.2. The van der Waals surface area contributed by atoms with E-state index in [1.54, 1.807) is 11.3 Å². The highest BCUT2D eigenvalue weighted by molar-refractivity contribution is 7.15. The van der Waals surface area contributed by atoms with Gasteiger partial charge in [0, 0.05) is 36.2 Å². The molecule has 2 heterocycles. The molecule has 5 heteroatoms. The number of aliphatic hydroxyl groups excluding tert-OH is 1. The Hall–Kier alpha value is -1.69. The van der Waals surface area contributed by atoms with E-state index in [9.17, 15) is 5.11 Å². The molecule has 0 amide bonds. The van der Waals surface area contributed by atoms with Crippen LogP contribution < -0.4 is 5.73 Å². The predicted molar refractivity (Wildman–Crippen MR) is 85.8 cm³/mol. The van der Waals surface area contributed by atoms with Crippen LogP contribution in [-0.2, 0) is 11.8 Å². The largest absolute Gasteiger partial charge is 0.395 e. The number of hydrogen-bond acceptors (Lipinski definition) is 4. The minimum Gasteiger partial charge on any atom is -0.395 e. The molecule has 0 saturated heterocycles. The van der Waals surface area contributed by atoms with Crippen LogP contribution in [0.3, 0.4) is 0 Å². The van der Waals surface area contributed by atoms with E-state index in [-0.39, 0.29) is 6.61 Å². The van der Waals surface area contributed by atoms with Gasteiger partial charge in [0.25, 0.3) is 0 Å². The molecule has 3 aromatic rings. The highest BCUT2D eigenvalue weighted by Gasteiger charge is 2.32. The van der Waals surface area contributed by atoms with Crippen molar-refractivity contribution in [2.45, 2.75) is 18.8 Å². The Morgan fingerprint density at radius 3 is 2.86 bits per heavy atom. The third-order valence-corrected chi connectivity index (χ3v) is 4.84. The van der Waals surface area contributed by atoms with Crippen LogP contribution in [0.25, 0.3) is 4.96 Å². The summed E-state index contributed by atoms with van der Waals surface area (Å²) in [5.41, 5.74) is 8.78. The summed E-state index contributed by atoms with van der Waals surface area (Å²) in [5, 5.41) is 12.0. The Labute approximate surface area is 127 Å². The minimum absolute atomic E-state index is 0.0134. The number of aryl methyl sites for hydroxylation is 1. The predicted octanol–water partition coefficient (Wildman–Crippen LogP) is 2.14. The number of rotatable bonds is 5. The number of aliphatic hydroxyl groups is 1. The second-order valence-electron chi connectivity index (χ2n) is 5.46. The molecular weight excluding hydrogens is 282 g/mol. The van der Waals surface area contributed by atoms with Crippen molar-refractivity contribution in [3.63, 3.8) is 0 Å². The normalized spacial score (nSPS) is 14.4. The summed E-state index contributed by atoms with van der Waals surface area (Å²) in [6.45, 7) is 2.46. The van der Waals surface area contributed by atoms with Crippen molar-refractivity contribution in [1.29, 1.82) is 0 Å². The van der Waals surface area contributed by atoms with Gasteiger partial charge in [0.2, 0.25) is 0 Å². The first-order valence-corrected chi connectivity index (χ1v) is 7.84. The van der Waals surface area contributed by atoms with Gasteiger partial charge in [-0.3, -0.25) is 4.40 Å². The van der Waals surface area contributed by atoms with E-state index in [2.05, 4.69) is 24.0 Å². The van der Waals surface area contributed by atoms with Crippen molar-refractivity contribution in [3.05, 3.63) is 58.9 Å². The van der Waals surface area contributed by atoms with Gasteiger partial charge in [-0.05, 0) is 18.1 Å². The van der Waals surface area contributed by atoms with Crippen LogP contribution in [0.2, 0.25) is 0 Å². The average molecular weight is 301 g/mol. The third-order valence-electron chi connectivity index (χ3n) is 4.07. The van der Waals surface area contributed by atoms with Crippen LogP contribution in [0.4, 0.5) is 0 Å². The number of nitrogens with zero attached hydrogens (tertiary/aromatic N) is 2. The Bertz CT molecular complexity index is 714. The number of hydrogen-bond donors (Lipinski definition) is 2. The van der Waals surface area contributed by atoms with E-state index >= 15 is 0 Å². The zero-order valence-electron chi connectivity index (χ0n) is 12.0. The quantitative estimate of drug-likeness (QED) is 0.759. The molecule has 1 atom stereocenters. The number of aromatic nitrogens is 2. The maximum atomic E-state index is 10.0. The Kier molecular flexibility index (Phi) is 3.80. The molecule has 0 spiro atoms. The number of thiazole rings is 1. The number of imidazole rings is 1. The molecule has 3 rings (SSSR count). The molecule has 0 fully saturated rings. The first kappa shape index (κ1) is 14.3. The van der Waals surface area contributed by atoms with E-state index < -0.39 is 5.41 Å². The van der Waals surface area contributed by atoms with Crippen molar-refractivity contribution in [3.8, 4) is 0 Å². The molecule has 3 N–H and O–H groups in total. The van der Waals surface area contributed by atoms with E-state index in [1.807, 2.05) is 34.3 Å². The molecule has 0 radical (unpaired) electrons. The number of benzene rings is 1. The second kappa shape index (κ2) is 5.60. The van der Waals surface area contributed by atoms with Gasteiger partial charge in [-0.1, -0.05) is 24.3 Å². The maximum Gasteiger partial charge on any atom is 0.193 e. The lowest BCUT2D eigenvalue weighted by Gasteiger charge is -2.32. The minimum atomic E-state index is -0.477. The summed E-state index contributed by atoms with van der Waals surface area (Å²) in [7, 11) is 0. The Morgan fingerprint density at radius 2 is 2.19 bits per heavy atom. The molecule has 1 unspecified atom stereocenters. The maximum absolute atomic E-state index is 10.0. The molecule has 0 aliphatic carbocycles.